The predicted octanol–water partition coefficient (Wildman–Crippen LogP) is 14.5. The number of rotatable bonds is 7. The SMILES string of the molecule is c1ccc(-c2nc(-c3cccc(-c4cccc5c4Oc4c(ccc6c4-c4ccccc4C6(c4ccccc4)c4ccccc4)O5)c3)nc(-c3ccccc3-c3ccccc3)n2)cc1. The normalized spacial score (nSPS) is 12.8. The lowest BCUT2D eigenvalue weighted by Gasteiger charge is -2.34. The molecule has 10 aromatic rings. The van der Waals surface area contributed by atoms with E-state index < -0.39 is 5.41 Å². The number of aromatic nitrogens is 3. The minimum absolute atomic E-state index is 0.565. The van der Waals surface area contributed by atoms with Crippen LogP contribution in [0, 0.1) is 0 Å². The van der Waals surface area contributed by atoms with Crippen LogP contribution < -0.4 is 9.47 Å². The molecule has 1 aromatic heterocycles. The van der Waals surface area contributed by atoms with Crippen LogP contribution in [0.2, 0.25) is 0 Å². The van der Waals surface area contributed by atoms with Gasteiger partial charge in [0.1, 0.15) is 0 Å². The van der Waals surface area contributed by atoms with E-state index in [1.165, 1.54) is 16.7 Å². The molecule has 0 radical (unpaired) electrons. The van der Waals surface area contributed by atoms with E-state index in [1.54, 1.807) is 0 Å². The zero-order valence-corrected chi connectivity index (χ0v) is 34.0. The maximum atomic E-state index is 7.22. The topological polar surface area (TPSA) is 57.1 Å². The maximum absolute atomic E-state index is 7.22. The molecule has 2 aliphatic rings. The summed E-state index contributed by atoms with van der Waals surface area (Å²) < 4.78 is 14.0. The first kappa shape index (κ1) is 36.4. The minimum atomic E-state index is -0.565. The second-order valence-electron chi connectivity index (χ2n) is 15.8. The van der Waals surface area contributed by atoms with Crippen LogP contribution in [0.25, 0.3) is 67.5 Å². The van der Waals surface area contributed by atoms with Gasteiger partial charge in [-0.3, -0.25) is 0 Å². The summed E-state index contributed by atoms with van der Waals surface area (Å²) in [5, 5.41) is 0. The molecule has 0 saturated heterocycles. The van der Waals surface area contributed by atoms with Crippen LogP contribution in [0.5, 0.6) is 23.0 Å². The summed E-state index contributed by atoms with van der Waals surface area (Å²) in [7, 11) is 0. The van der Waals surface area contributed by atoms with Gasteiger partial charge in [-0.1, -0.05) is 206 Å². The van der Waals surface area contributed by atoms with Crippen molar-refractivity contribution in [3.05, 3.63) is 247 Å². The molecule has 1 aliphatic heterocycles. The molecule has 0 atom stereocenters. The minimum Gasteiger partial charge on any atom is -0.449 e. The van der Waals surface area contributed by atoms with E-state index in [0.29, 0.717) is 40.5 Å². The summed E-state index contributed by atoms with van der Waals surface area (Å²) in [4.78, 5) is 15.4. The molecular weight excluding hydrogens is 771 g/mol. The zero-order valence-electron chi connectivity index (χ0n) is 34.0. The number of benzene rings is 9. The Morgan fingerprint density at radius 2 is 0.810 bits per heavy atom. The fraction of sp³-hybridized carbons (Fsp3) is 0.0172. The van der Waals surface area contributed by atoms with E-state index in [1.807, 2.05) is 60.7 Å². The molecule has 63 heavy (non-hydrogen) atoms. The van der Waals surface area contributed by atoms with Crippen molar-refractivity contribution in [2.75, 3.05) is 0 Å². The third kappa shape index (κ3) is 5.97. The van der Waals surface area contributed by atoms with Crippen molar-refractivity contribution in [1.82, 2.24) is 15.0 Å². The highest BCUT2D eigenvalue weighted by Crippen LogP contribution is 2.62. The van der Waals surface area contributed by atoms with Gasteiger partial charge in [0.15, 0.2) is 40.5 Å². The van der Waals surface area contributed by atoms with Crippen molar-refractivity contribution in [2.24, 2.45) is 0 Å². The maximum Gasteiger partial charge on any atom is 0.178 e. The van der Waals surface area contributed by atoms with Crippen molar-refractivity contribution >= 4 is 0 Å². The van der Waals surface area contributed by atoms with E-state index in [0.717, 1.165) is 55.6 Å². The second kappa shape index (κ2) is 14.9. The van der Waals surface area contributed by atoms with E-state index in [4.69, 9.17) is 24.4 Å². The number of fused-ring (bicyclic) bond motifs is 6. The Hall–Kier alpha value is -8.41. The first-order valence-electron chi connectivity index (χ1n) is 21.2. The lowest BCUT2D eigenvalue weighted by atomic mass is 9.68. The molecule has 12 rings (SSSR count). The van der Waals surface area contributed by atoms with Gasteiger partial charge in [-0.15, -0.1) is 0 Å². The highest BCUT2D eigenvalue weighted by Gasteiger charge is 2.48. The van der Waals surface area contributed by atoms with Gasteiger partial charge < -0.3 is 9.47 Å². The first-order chi connectivity index (χ1) is 31.2. The standard InChI is InChI=1S/C58H37N3O2/c1-5-19-38(20-6-1)44-29-13-14-30-46(44)57-60-55(39-21-7-2-8-22-39)59-56(61-57)41-24-17-23-40(37-41)45-32-18-34-50-53(45)63-54-51(62-50)36-35-49-52(54)47-31-15-16-33-48(47)58(49,42-25-9-3-10-26-42)43-27-11-4-12-28-43/h1-37H. The molecule has 0 fully saturated rings. The molecule has 5 heteroatoms. The van der Waals surface area contributed by atoms with Gasteiger partial charge in [0, 0.05) is 27.8 Å². The molecule has 296 valence electrons. The molecule has 0 unspecified atom stereocenters. The third-order valence-electron chi connectivity index (χ3n) is 12.3. The van der Waals surface area contributed by atoms with E-state index >= 15 is 0 Å². The molecule has 0 bridgehead atoms. The van der Waals surface area contributed by atoms with E-state index in [2.05, 4.69) is 164 Å². The van der Waals surface area contributed by atoms with Crippen LogP contribution in [0.4, 0.5) is 0 Å². The smallest absolute Gasteiger partial charge is 0.178 e. The fourth-order valence-corrected chi connectivity index (χ4v) is 9.53. The van der Waals surface area contributed by atoms with Crippen LogP contribution in [-0.4, -0.2) is 15.0 Å². The van der Waals surface area contributed by atoms with Gasteiger partial charge in [-0.25, -0.2) is 15.0 Å². The van der Waals surface area contributed by atoms with Crippen molar-refractivity contribution in [3.8, 4) is 90.5 Å². The average Bonchev–Trinajstić information content (AvgIpc) is 3.68. The quantitative estimate of drug-likeness (QED) is 0.161. The van der Waals surface area contributed by atoms with Gasteiger partial charge in [-0.2, -0.15) is 0 Å². The molecule has 0 N–H and O–H groups in total. The summed E-state index contributed by atoms with van der Waals surface area (Å²) in [6.45, 7) is 0. The summed E-state index contributed by atoms with van der Waals surface area (Å²) in [6, 6.07) is 77.7. The van der Waals surface area contributed by atoms with Gasteiger partial charge >= 0.3 is 0 Å². The van der Waals surface area contributed by atoms with Crippen molar-refractivity contribution in [3.63, 3.8) is 0 Å². The summed E-state index contributed by atoms with van der Waals surface area (Å²) in [6.07, 6.45) is 0. The van der Waals surface area contributed by atoms with Crippen LogP contribution in [-0.2, 0) is 5.41 Å². The monoisotopic (exact) mass is 807 g/mol. The number of nitrogens with zero attached hydrogens (tertiary/aromatic N) is 3. The largest absolute Gasteiger partial charge is 0.449 e. The van der Waals surface area contributed by atoms with Crippen molar-refractivity contribution in [2.45, 2.75) is 5.41 Å². The van der Waals surface area contributed by atoms with E-state index in [9.17, 15) is 0 Å². The number of hydrogen-bond acceptors (Lipinski definition) is 5. The Kier molecular flexibility index (Phi) is 8.64. The van der Waals surface area contributed by atoms with E-state index in [-0.39, 0.29) is 0 Å². The van der Waals surface area contributed by atoms with Gasteiger partial charge in [-0.05, 0) is 62.7 Å². The molecule has 1 aliphatic carbocycles. The Morgan fingerprint density at radius 3 is 1.52 bits per heavy atom. The fourth-order valence-electron chi connectivity index (χ4n) is 9.53. The van der Waals surface area contributed by atoms with Gasteiger partial charge in [0.05, 0.1) is 5.41 Å². The third-order valence-corrected chi connectivity index (χ3v) is 12.3. The summed E-state index contributed by atoms with van der Waals surface area (Å²) in [5.41, 5.74) is 13.0. The number of ether oxygens (including phenoxy) is 2. The van der Waals surface area contributed by atoms with Gasteiger partial charge in [0.25, 0.3) is 0 Å². The highest BCUT2D eigenvalue weighted by atomic mass is 16.6. The van der Waals surface area contributed by atoms with Crippen LogP contribution in [0.3, 0.4) is 0 Å². The van der Waals surface area contributed by atoms with Crippen LogP contribution in [0.1, 0.15) is 22.3 Å². The molecule has 5 nitrogen and oxygen atoms in total. The molecule has 0 saturated carbocycles. The first-order valence-corrected chi connectivity index (χ1v) is 21.2. The molecule has 0 amide bonds. The number of hydrogen-bond donors (Lipinski definition) is 0. The average molecular weight is 808 g/mol. The summed E-state index contributed by atoms with van der Waals surface area (Å²) >= 11 is 0. The van der Waals surface area contributed by atoms with Gasteiger partial charge in [0.2, 0.25) is 0 Å². The van der Waals surface area contributed by atoms with Crippen molar-refractivity contribution < 1.29 is 9.47 Å². The Balaban J connectivity index is 0.995. The zero-order chi connectivity index (χ0) is 41.7. The molecule has 0 spiro atoms. The molecule has 2 heterocycles. The molecular formula is C58H37N3O2. The Morgan fingerprint density at radius 1 is 0.302 bits per heavy atom. The Labute approximate surface area is 365 Å². The molecule has 9 aromatic carbocycles. The van der Waals surface area contributed by atoms with Crippen LogP contribution >= 0.6 is 0 Å². The predicted molar refractivity (Wildman–Crippen MR) is 251 cm³/mol. The van der Waals surface area contributed by atoms with Crippen LogP contribution in [0.15, 0.2) is 224 Å². The van der Waals surface area contributed by atoms with Crippen molar-refractivity contribution in [1.29, 1.82) is 0 Å². The lowest BCUT2D eigenvalue weighted by Crippen LogP contribution is -2.28. The Bertz CT molecular complexity index is 3300. The second-order valence-corrected chi connectivity index (χ2v) is 15.8. The summed E-state index contributed by atoms with van der Waals surface area (Å²) in [5.74, 6) is 4.47. The highest BCUT2D eigenvalue weighted by molar-refractivity contribution is 5.93. The number of para-hydroxylation sites is 1. The lowest BCUT2D eigenvalue weighted by molar-refractivity contribution is 0.361.